The second kappa shape index (κ2) is 10.9. The maximum absolute atomic E-state index is 13.8. The Morgan fingerprint density at radius 3 is 2.55 bits per heavy atom. The highest BCUT2D eigenvalue weighted by Crippen LogP contribution is 2.44. The van der Waals surface area contributed by atoms with E-state index in [-0.39, 0.29) is 11.6 Å². The highest BCUT2D eigenvalue weighted by Gasteiger charge is 2.34. The molecule has 196 valence electrons. The highest BCUT2D eigenvalue weighted by molar-refractivity contribution is 14.1. The molecule has 1 saturated carbocycles. The number of benzene rings is 3. The van der Waals surface area contributed by atoms with Crippen molar-refractivity contribution in [3.8, 4) is 22.9 Å². The molecule has 0 aliphatic heterocycles. The summed E-state index contributed by atoms with van der Waals surface area (Å²) in [6.07, 6.45) is 2.28. The largest absolute Gasteiger partial charge is 0.496 e. The summed E-state index contributed by atoms with van der Waals surface area (Å²) in [5.41, 5.74) is 2.54. The minimum absolute atomic E-state index is 0.194. The quantitative estimate of drug-likeness (QED) is 0.187. The van der Waals surface area contributed by atoms with Crippen LogP contribution in [0.4, 0.5) is 5.69 Å². The fraction of sp³-hybridized carbons (Fsp3) is 0.241. The maximum atomic E-state index is 13.8. The lowest BCUT2D eigenvalue weighted by atomic mass is 9.92. The molecule has 38 heavy (non-hydrogen) atoms. The summed E-state index contributed by atoms with van der Waals surface area (Å²) in [4.78, 5) is 29.9. The normalized spacial score (nSPS) is 14.6. The van der Waals surface area contributed by atoms with Gasteiger partial charge in [0.05, 0.1) is 17.8 Å². The number of anilines is 1. The molecule has 1 aliphatic carbocycles. The summed E-state index contributed by atoms with van der Waals surface area (Å²) >= 11 is 8.52. The van der Waals surface area contributed by atoms with Crippen molar-refractivity contribution in [2.75, 3.05) is 12.4 Å². The summed E-state index contributed by atoms with van der Waals surface area (Å²) in [5.74, 6) is -0.234. The Kier molecular flexibility index (Phi) is 7.54. The Labute approximate surface area is 239 Å². The van der Waals surface area contributed by atoms with Crippen LogP contribution in [0.1, 0.15) is 48.8 Å². The van der Waals surface area contributed by atoms with Crippen molar-refractivity contribution in [3.05, 3.63) is 96.9 Å². The Bertz CT molecular complexity index is 1550. The molecular formula is C29H27ClIN3O4. The number of nitrogens with zero attached hydrogens (tertiary/aromatic N) is 1. The van der Waals surface area contributed by atoms with Crippen molar-refractivity contribution in [2.45, 2.75) is 37.6 Å². The van der Waals surface area contributed by atoms with Gasteiger partial charge in [0, 0.05) is 15.1 Å². The first-order valence-electron chi connectivity index (χ1n) is 12.3. The lowest BCUT2D eigenvalue weighted by Crippen LogP contribution is -2.35. The second-order valence-electron chi connectivity index (χ2n) is 9.49. The predicted octanol–water partition coefficient (Wildman–Crippen LogP) is 6.68. The fourth-order valence-corrected chi connectivity index (χ4v) is 5.68. The van der Waals surface area contributed by atoms with Crippen molar-refractivity contribution < 1.29 is 14.6 Å². The standard InChI is InChI=1S/C29H27ClIN3O4/c1-16(17-6-4-3-5-7-17)26(27(35)32-23-13-11-20(31)15-22(23)30)34-28(36)25(33-29(34)37)21-12-10-19(18-8-9-18)14-24(21)38-2/h3-7,10-16,18,26,36H,8-9H2,1-2H3,(H,32,35)(H,33,37)/t16-,26-/m0/s1. The predicted molar refractivity (Wildman–Crippen MR) is 157 cm³/mol. The molecule has 0 saturated heterocycles. The molecule has 1 amide bonds. The molecule has 4 aromatic rings. The third-order valence-electron chi connectivity index (χ3n) is 6.98. The number of H-pyrrole nitrogens is 1. The highest BCUT2D eigenvalue weighted by atomic mass is 127. The van der Waals surface area contributed by atoms with Crippen LogP contribution in [0.15, 0.2) is 71.5 Å². The van der Waals surface area contributed by atoms with E-state index < -0.39 is 23.6 Å². The SMILES string of the molecule is COc1cc(C2CC2)ccc1-c1[nH]c(=O)n([C@H](C(=O)Nc2ccc(I)cc2Cl)[C@@H](C)c2ccccc2)c1O. The number of rotatable bonds is 8. The number of carbonyl (C=O) groups excluding carboxylic acids is 1. The number of amides is 1. The number of nitrogens with one attached hydrogen (secondary N) is 2. The number of ether oxygens (including phenoxy) is 1. The minimum atomic E-state index is -1.08. The summed E-state index contributed by atoms with van der Waals surface area (Å²) in [7, 11) is 1.56. The van der Waals surface area contributed by atoms with Gasteiger partial charge in [-0.2, -0.15) is 0 Å². The molecule has 0 bridgehead atoms. The van der Waals surface area contributed by atoms with Crippen LogP contribution in [0.25, 0.3) is 11.3 Å². The molecule has 0 unspecified atom stereocenters. The van der Waals surface area contributed by atoms with Gasteiger partial charge in [-0.1, -0.05) is 54.9 Å². The van der Waals surface area contributed by atoms with Crippen LogP contribution in [0.3, 0.4) is 0 Å². The Morgan fingerprint density at radius 2 is 1.89 bits per heavy atom. The van der Waals surface area contributed by atoms with Gasteiger partial charge in [0.2, 0.25) is 11.8 Å². The number of aromatic hydroxyl groups is 1. The van der Waals surface area contributed by atoms with E-state index in [1.165, 1.54) is 0 Å². The second-order valence-corrected chi connectivity index (χ2v) is 11.1. The third-order valence-corrected chi connectivity index (χ3v) is 7.96. The van der Waals surface area contributed by atoms with E-state index in [4.69, 9.17) is 16.3 Å². The monoisotopic (exact) mass is 643 g/mol. The Hall–Kier alpha value is -3.24. The summed E-state index contributed by atoms with van der Waals surface area (Å²) in [6.45, 7) is 1.85. The van der Waals surface area contributed by atoms with Crippen LogP contribution in [0, 0.1) is 3.57 Å². The van der Waals surface area contributed by atoms with E-state index >= 15 is 0 Å². The van der Waals surface area contributed by atoms with Crippen LogP contribution in [-0.2, 0) is 4.79 Å². The lowest BCUT2D eigenvalue weighted by Gasteiger charge is -2.25. The van der Waals surface area contributed by atoms with Gasteiger partial charge in [-0.3, -0.25) is 4.79 Å². The summed E-state index contributed by atoms with van der Waals surface area (Å²) in [5, 5.41) is 14.6. The zero-order chi connectivity index (χ0) is 27.0. The topological polar surface area (TPSA) is 96.4 Å². The van der Waals surface area contributed by atoms with Crippen molar-refractivity contribution in [1.82, 2.24) is 9.55 Å². The van der Waals surface area contributed by atoms with E-state index in [1.807, 2.05) is 61.5 Å². The van der Waals surface area contributed by atoms with E-state index in [0.29, 0.717) is 27.9 Å². The van der Waals surface area contributed by atoms with Gasteiger partial charge in [-0.15, -0.1) is 0 Å². The molecule has 3 N–H and O–H groups in total. The molecule has 7 nitrogen and oxygen atoms in total. The molecule has 5 rings (SSSR count). The molecule has 9 heteroatoms. The molecule has 2 atom stereocenters. The molecule has 1 aromatic heterocycles. The first kappa shape index (κ1) is 26.4. The number of imidazole rings is 1. The Balaban J connectivity index is 1.59. The van der Waals surface area contributed by atoms with E-state index in [2.05, 4.69) is 32.9 Å². The van der Waals surface area contributed by atoms with Gasteiger partial charge in [-0.25, -0.2) is 9.36 Å². The van der Waals surface area contributed by atoms with Gasteiger partial charge in [0.25, 0.3) is 0 Å². The molecular weight excluding hydrogens is 617 g/mol. The zero-order valence-electron chi connectivity index (χ0n) is 20.9. The average Bonchev–Trinajstić information content (AvgIpc) is 3.73. The van der Waals surface area contributed by atoms with Gasteiger partial charge < -0.3 is 20.1 Å². The average molecular weight is 644 g/mol. The third kappa shape index (κ3) is 5.19. The van der Waals surface area contributed by atoms with Crippen molar-refractivity contribution in [1.29, 1.82) is 0 Å². The van der Waals surface area contributed by atoms with Gasteiger partial charge >= 0.3 is 5.69 Å². The van der Waals surface area contributed by atoms with Gasteiger partial charge in [0.15, 0.2) is 0 Å². The van der Waals surface area contributed by atoms with Gasteiger partial charge in [-0.05, 0) is 82.8 Å². The molecule has 1 fully saturated rings. The van der Waals surface area contributed by atoms with Crippen LogP contribution in [-0.4, -0.2) is 27.7 Å². The molecule has 0 spiro atoms. The fourth-order valence-electron chi connectivity index (χ4n) is 4.77. The van der Waals surface area contributed by atoms with Crippen LogP contribution >= 0.6 is 34.2 Å². The number of aromatic amines is 1. The number of halogens is 2. The van der Waals surface area contributed by atoms with Crippen LogP contribution in [0.5, 0.6) is 11.6 Å². The van der Waals surface area contributed by atoms with E-state index in [9.17, 15) is 14.7 Å². The summed E-state index contributed by atoms with van der Waals surface area (Å²) in [6, 6.07) is 19.4. The number of aromatic nitrogens is 2. The first-order valence-corrected chi connectivity index (χ1v) is 13.8. The van der Waals surface area contributed by atoms with Crippen LogP contribution in [0.2, 0.25) is 5.02 Å². The lowest BCUT2D eigenvalue weighted by molar-refractivity contribution is -0.120. The van der Waals surface area contributed by atoms with Crippen molar-refractivity contribution in [3.63, 3.8) is 0 Å². The van der Waals surface area contributed by atoms with Crippen molar-refractivity contribution >= 4 is 45.8 Å². The Morgan fingerprint density at radius 1 is 1.16 bits per heavy atom. The number of carbonyl (C=O) groups is 1. The zero-order valence-corrected chi connectivity index (χ0v) is 23.8. The number of hydrogen-bond donors (Lipinski definition) is 3. The van der Waals surface area contributed by atoms with E-state index in [0.717, 1.165) is 32.1 Å². The minimum Gasteiger partial charge on any atom is -0.496 e. The molecule has 3 aromatic carbocycles. The van der Waals surface area contributed by atoms with Crippen LogP contribution < -0.4 is 15.7 Å². The van der Waals surface area contributed by atoms with Crippen molar-refractivity contribution in [2.24, 2.45) is 0 Å². The maximum Gasteiger partial charge on any atom is 0.329 e. The van der Waals surface area contributed by atoms with E-state index in [1.54, 1.807) is 19.2 Å². The van der Waals surface area contributed by atoms with Gasteiger partial charge in [0.1, 0.15) is 17.5 Å². The smallest absolute Gasteiger partial charge is 0.329 e. The molecule has 1 heterocycles. The first-order chi connectivity index (χ1) is 18.3. The summed E-state index contributed by atoms with van der Waals surface area (Å²) < 4.78 is 7.64. The number of methoxy groups -OCH3 is 1. The molecule has 1 aliphatic rings. The number of hydrogen-bond acceptors (Lipinski definition) is 4. The molecule has 0 radical (unpaired) electrons.